The minimum Gasteiger partial charge on any atom is -0.507 e. The largest absolute Gasteiger partial charge is 0.507 e. The van der Waals surface area contributed by atoms with Crippen LogP contribution >= 0.6 is 56.5 Å². The fourth-order valence-electron chi connectivity index (χ4n) is 2.65. The van der Waals surface area contributed by atoms with Crippen molar-refractivity contribution in [3.63, 3.8) is 0 Å². The fraction of sp³-hybridized carbons (Fsp3) is 0. The molecular weight excluding hydrogens is 586 g/mol. The number of benzene rings is 3. The number of phenolic OH excluding ortho intramolecular Hbond substituents is 1. The molecule has 3 aromatic carbocycles. The molecule has 0 fully saturated rings. The van der Waals surface area contributed by atoms with Crippen LogP contribution in [0.2, 0.25) is 0 Å². The number of nitrogens with zero attached hydrogens (tertiary/aromatic N) is 1. The number of hydrogen-bond acceptors (Lipinski definition) is 4. The monoisotopic (exact) mass is 598 g/mol. The molecule has 2 N–H and O–H groups in total. The summed E-state index contributed by atoms with van der Waals surface area (Å²) in [4.78, 5) is 17.1. The molecule has 0 aliphatic heterocycles. The summed E-state index contributed by atoms with van der Waals surface area (Å²) >= 11 is 5.84. The molecule has 1 aromatic heterocycles. The summed E-state index contributed by atoms with van der Waals surface area (Å²) < 4.78 is 2.94. The zero-order chi connectivity index (χ0) is 19.0. The standard InChI is InChI=1S/C20H12I2N2O2S/c21-11-5-8-15(22)14(9-11)19(26)23-12-6-7-13(17(25)10-12)20-24-16-3-1-2-4-18(16)27-20/h1-10,25H,(H,23,26). The number of phenols is 1. The quantitative estimate of drug-likeness (QED) is 0.279. The van der Waals surface area contributed by atoms with E-state index in [-0.39, 0.29) is 11.7 Å². The van der Waals surface area contributed by atoms with Crippen molar-refractivity contribution < 1.29 is 9.90 Å². The van der Waals surface area contributed by atoms with Gasteiger partial charge in [0.05, 0.1) is 21.3 Å². The Morgan fingerprint density at radius 2 is 1.85 bits per heavy atom. The van der Waals surface area contributed by atoms with E-state index in [0.717, 1.165) is 22.4 Å². The summed E-state index contributed by atoms with van der Waals surface area (Å²) in [6.07, 6.45) is 0. The van der Waals surface area contributed by atoms with Crippen molar-refractivity contribution in [3.05, 3.63) is 73.4 Å². The van der Waals surface area contributed by atoms with Gasteiger partial charge in [-0.2, -0.15) is 0 Å². The highest BCUT2D eigenvalue weighted by Crippen LogP contribution is 2.36. The predicted octanol–water partition coefficient (Wildman–Crippen LogP) is 6.13. The third-order valence-electron chi connectivity index (χ3n) is 3.95. The number of carbonyl (C=O) groups is 1. The van der Waals surface area contributed by atoms with Crippen LogP contribution in [0.1, 0.15) is 10.4 Å². The van der Waals surface area contributed by atoms with Crippen molar-refractivity contribution in [1.29, 1.82) is 0 Å². The van der Waals surface area contributed by atoms with Crippen LogP contribution in [0.3, 0.4) is 0 Å². The van der Waals surface area contributed by atoms with Crippen molar-refractivity contribution in [1.82, 2.24) is 4.98 Å². The number of aromatic nitrogens is 1. The third kappa shape index (κ3) is 3.94. The summed E-state index contributed by atoms with van der Waals surface area (Å²) in [5.41, 5.74) is 2.70. The van der Waals surface area contributed by atoms with Crippen molar-refractivity contribution >= 4 is 78.3 Å². The van der Waals surface area contributed by atoms with Gasteiger partial charge in [-0.1, -0.05) is 12.1 Å². The van der Waals surface area contributed by atoms with Crippen molar-refractivity contribution in [2.24, 2.45) is 0 Å². The molecule has 0 saturated heterocycles. The molecule has 0 radical (unpaired) electrons. The number of rotatable bonds is 3. The van der Waals surface area contributed by atoms with Crippen LogP contribution in [0.25, 0.3) is 20.8 Å². The molecular formula is C20H12I2N2O2S. The number of amides is 1. The summed E-state index contributed by atoms with van der Waals surface area (Å²) in [5, 5.41) is 14.1. The molecule has 27 heavy (non-hydrogen) atoms. The van der Waals surface area contributed by atoms with Crippen molar-refractivity contribution in [3.8, 4) is 16.3 Å². The molecule has 0 atom stereocenters. The van der Waals surface area contributed by atoms with Gasteiger partial charge in [-0.15, -0.1) is 11.3 Å². The number of aromatic hydroxyl groups is 1. The Morgan fingerprint density at radius 1 is 1.04 bits per heavy atom. The average molecular weight is 598 g/mol. The second-order valence-corrected chi connectivity index (χ2v) is 9.24. The first-order valence-electron chi connectivity index (χ1n) is 7.96. The van der Waals surface area contributed by atoms with E-state index in [1.165, 1.54) is 11.3 Å². The first-order chi connectivity index (χ1) is 13.0. The highest BCUT2D eigenvalue weighted by Gasteiger charge is 2.14. The zero-order valence-electron chi connectivity index (χ0n) is 13.7. The Hall–Kier alpha value is -1.72. The van der Waals surface area contributed by atoms with Crippen LogP contribution in [-0.2, 0) is 0 Å². The Morgan fingerprint density at radius 3 is 2.63 bits per heavy atom. The molecule has 134 valence electrons. The lowest BCUT2D eigenvalue weighted by Crippen LogP contribution is -2.13. The van der Waals surface area contributed by atoms with E-state index in [1.807, 2.05) is 42.5 Å². The van der Waals surface area contributed by atoms with E-state index in [9.17, 15) is 9.90 Å². The van der Waals surface area contributed by atoms with Crippen molar-refractivity contribution in [2.45, 2.75) is 0 Å². The topological polar surface area (TPSA) is 62.2 Å². The second kappa shape index (κ2) is 7.72. The van der Waals surface area contributed by atoms with E-state index >= 15 is 0 Å². The highest BCUT2D eigenvalue weighted by atomic mass is 127. The fourth-order valence-corrected chi connectivity index (χ4v) is 4.72. The molecule has 0 aliphatic carbocycles. The number of anilines is 1. The molecule has 0 unspecified atom stereocenters. The van der Waals surface area contributed by atoms with Crippen LogP contribution in [0.4, 0.5) is 5.69 Å². The van der Waals surface area contributed by atoms with Gasteiger partial charge in [-0.25, -0.2) is 4.98 Å². The Labute approximate surface area is 186 Å². The Bertz CT molecular complexity index is 1140. The van der Waals surface area contributed by atoms with Crippen LogP contribution in [0, 0.1) is 7.14 Å². The summed E-state index contributed by atoms with van der Waals surface area (Å²) in [6, 6.07) is 18.7. The number of halogens is 2. The van der Waals surface area contributed by atoms with Gasteiger partial charge in [-0.05, 0) is 87.6 Å². The van der Waals surface area contributed by atoms with Crippen LogP contribution in [0.15, 0.2) is 60.7 Å². The highest BCUT2D eigenvalue weighted by molar-refractivity contribution is 14.1. The summed E-state index contributed by atoms with van der Waals surface area (Å²) in [7, 11) is 0. The van der Waals surface area contributed by atoms with Gasteiger partial charge >= 0.3 is 0 Å². The third-order valence-corrected chi connectivity index (χ3v) is 6.63. The van der Waals surface area contributed by atoms with Gasteiger partial charge in [0.25, 0.3) is 5.91 Å². The zero-order valence-corrected chi connectivity index (χ0v) is 18.9. The van der Waals surface area contributed by atoms with Crippen LogP contribution in [-0.4, -0.2) is 16.0 Å². The Kier molecular flexibility index (Phi) is 5.33. The molecule has 0 spiro atoms. The van der Waals surface area contributed by atoms with E-state index in [1.54, 1.807) is 18.2 Å². The van der Waals surface area contributed by atoms with E-state index in [4.69, 9.17) is 0 Å². The van der Waals surface area contributed by atoms with Gasteiger partial charge in [0.2, 0.25) is 0 Å². The summed E-state index contributed by atoms with van der Waals surface area (Å²) in [5.74, 6) is -0.116. The maximum Gasteiger partial charge on any atom is 0.256 e. The molecule has 7 heteroatoms. The van der Waals surface area contributed by atoms with E-state index in [2.05, 4.69) is 55.5 Å². The molecule has 1 amide bonds. The van der Waals surface area contributed by atoms with Gasteiger partial charge in [0, 0.05) is 18.9 Å². The Balaban J connectivity index is 1.61. The minimum atomic E-state index is -0.204. The minimum absolute atomic E-state index is 0.0872. The molecule has 0 aliphatic rings. The van der Waals surface area contributed by atoms with Crippen LogP contribution in [0.5, 0.6) is 5.75 Å². The lowest BCUT2D eigenvalue weighted by atomic mass is 10.1. The number of fused-ring (bicyclic) bond motifs is 1. The van der Waals surface area contributed by atoms with E-state index < -0.39 is 0 Å². The normalized spacial score (nSPS) is 10.9. The number of carbonyl (C=O) groups excluding carboxylic acids is 1. The predicted molar refractivity (Wildman–Crippen MR) is 127 cm³/mol. The van der Waals surface area contributed by atoms with Gasteiger partial charge in [0.15, 0.2) is 0 Å². The molecule has 4 rings (SSSR count). The molecule has 0 bridgehead atoms. The first-order valence-corrected chi connectivity index (χ1v) is 10.9. The SMILES string of the molecule is O=C(Nc1ccc(-c2nc3ccccc3s2)c(O)c1)c1cc(I)ccc1I. The molecule has 4 aromatic rings. The smallest absolute Gasteiger partial charge is 0.256 e. The maximum absolute atomic E-state index is 12.6. The number of hydrogen-bond donors (Lipinski definition) is 2. The average Bonchev–Trinajstić information content (AvgIpc) is 3.07. The molecule has 0 saturated carbocycles. The van der Waals surface area contributed by atoms with Crippen LogP contribution < -0.4 is 5.32 Å². The van der Waals surface area contributed by atoms with Gasteiger partial charge < -0.3 is 10.4 Å². The summed E-state index contributed by atoms with van der Waals surface area (Å²) in [6.45, 7) is 0. The first kappa shape index (κ1) is 18.6. The lowest BCUT2D eigenvalue weighted by Gasteiger charge is -2.09. The lowest BCUT2D eigenvalue weighted by molar-refractivity contribution is 0.102. The van der Waals surface area contributed by atoms with E-state index in [0.29, 0.717) is 16.8 Å². The van der Waals surface area contributed by atoms with Gasteiger partial charge in [-0.3, -0.25) is 4.79 Å². The number of nitrogens with one attached hydrogen (secondary N) is 1. The second-order valence-electron chi connectivity index (χ2n) is 5.80. The maximum atomic E-state index is 12.6. The molecule has 4 nitrogen and oxygen atoms in total. The number of para-hydroxylation sites is 1. The molecule has 1 heterocycles. The van der Waals surface area contributed by atoms with Crippen molar-refractivity contribution in [2.75, 3.05) is 5.32 Å². The number of thiazole rings is 1. The van der Waals surface area contributed by atoms with Gasteiger partial charge in [0.1, 0.15) is 10.8 Å².